The minimum atomic E-state index is -4.35. The molecule has 0 saturated carbocycles. The van der Waals surface area contributed by atoms with Gasteiger partial charge in [0.05, 0.1) is 39.9 Å². The molecule has 0 fully saturated rings. The van der Waals surface area contributed by atoms with Crippen LogP contribution in [0.1, 0.15) is 361 Å². The molecule has 0 spiro atoms. The van der Waals surface area contributed by atoms with E-state index in [-0.39, 0.29) is 19.1 Å². The van der Waals surface area contributed by atoms with Crippen LogP contribution in [0.15, 0.2) is 36.5 Å². The molecule has 0 aliphatic rings. The fourth-order valence-electron chi connectivity index (χ4n) is 10.8. The van der Waals surface area contributed by atoms with Crippen molar-refractivity contribution in [3.05, 3.63) is 36.5 Å². The number of amides is 1. The Morgan fingerprint density at radius 3 is 1.02 bits per heavy atom. The predicted octanol–water partition coefficient (Wildman–Crippen LogP) is 22.4. The number of hydrogen-bond acceptors (Lipinski definition) is 5. The molecule has 0 aliphatic carbocycles. The number of nitrogens with one attached hydrogen (secondary N) is 1. The van der Waals surface area contributed by atoms with Crippen molar-refractivity contribution in [1.29, 1.82) is 0 Å². The van der Waals surface area contributed by atoms with E-state index < -0.39 is 20.0 Å². The first-order valence-corrected chi connectivity index (χ1v) is 36.9. The molecule has 474 valence electrons. The molecule has 0 aromatic carbocycles. The van der Waals surface area contributed by atoms with Crippen LogP contribution in [0.4, 0.5) is 0 Å². The fraction of sp³-hybridized carbons (Fsp3) is 0.901. The molecule has 0 aromatic heterocycles. The van der Waals surface area contributed by atoms with Gasteiger partial charge >= 0.3 is 7.82 Å². The molecule has 0 bridgehead atoms. The molecule has 3 atom stereocenters. The van der Waals surface area contributed by atoms with Gasteiger partial charge in [0.15, 0.2) is 0 Å². The molecule has 0 radical (unpaired) electrons. The maximum atomic E-state index is 13.0. The molecule has 1 amide bonds. The van der Waals surface area contributed by atoms with Crippen LogP contribution in [0.5, 0.6) is 0 Å². The first kappa shape index (κ1) is 78.7. The lowest BCUT2D eigenvalue weighted by molar-refractivity contribution is -0.870. The van der Waals surface area contributed by atoms with E-state index in [0.29, 0.717) is 17.4 Å². The molecule has 3 unspecified atom stereocenters. The fourth-order valence-corrected chi connectivity index (χ4v) is 11.6. The standard InChI is InChI=1S/C71H139N2O6P/c1-6-8-10-12-14-16-18-20-22-24-26-28-29-30-31-32-33-34-35-36-37-38-39-40-41-42-43-45-47-49-51-53-55-57-59-61-63-65-71(75)72-69(68-79-80(76,77)78-67-66-73(3,4)5)70(74)64-62-60-58-56-54-52-50-48-46-44-27-25-23-21-19-17-15-13-11-9-7-2/h31-32,34-35,62,64,69-70,74H,6-30,33,36-61,63,65-68H2,1-5H3,(H-,72,75,76,77)/p+1/b32-31-,35-34-,64-62+. The zero-order chi connectivity index (χ0) is 58.4. The highest BCUT2D eigenvalue weighted by Crippen LogP contribution is 2.43. The molecule has 0 rings (SSSR count). The smallest absolute Gasteiger partial charge is 0.387 e. The van der Waals surface area contributed by atoms with Gasteiger partial charge in [0, 0.05) is 6.42 Å². The number of carbonyl (C=O) groups is 1. The van der Waals surface area contributed by atoms with Gasteiger partial charge in [-0.25, -0.2) is 4.57 Å². The van der Waals surface area contributed by atoms with Crippen LogP contribution in [0.2, 0.25) is 0 Å². The molecule has 0 saturated heterocycles. The molecule has 80 heavy (non-hydrogen) atoms. The highest BCUT2D eigenvalue weighted by atomic mass is 31.2. The Morgan fingerprint density at radius 1 is 0.425 bits per heavy atom. The van der Waals surface area contributed by atoms with Crippen LogP contribution >= 0.6 is 7.82 Å². The lowest BCUT2D eigenvalue weighted by atomic mass is 10.0. The first-order valence-electron chi connectivity index (χ1n) is 35.4. The van der Waals surface area contributed by atoms with Crippen LogP contribution in [-0.2, 0) is 18.4 Å². The zero-order valence-corrected chi connectivity index (χ0v) is 55.2. The normalized spacial score (nSPS) is 13.8. The van der Waals surface area contributed by atoms with Gasteiger partial charge < -0.3 is 19.8 Å². The largest absolute Gasteiger partial charge is 0.472 e. The molecule has 0 heterocycles. The minimum Gasteiger partial charge on any atom is -0.387 e. The monoisotopic (exact) mass is 1150 g/mol. The Hall–Kier alpha value is -1.28. The van der Waals surface area contributed by atoms with Crippen LogP contribution in [0, 0.1) is 0 Å². The number of unbranched alkanes of at least 4 members (excludes halogenated alkanes) is 49. The number of rotatable bonds is 66. The second-order valence-corrected chi connectivity index (χ2v) is 27.1. The van der Waals surface area contributed by atoms with Gasteiger partial charge in [0.2, 0.25) is 5.91 Å². The summed E-state index contributed by atoms with van der Waals surface area (Å²) in [6.07, 6.45) is 83.0. The lowest BCUT2D eigenvalue weighted by Crippen LogP contribution is -2.45. The maximum absolute atomic E-state index is 13.0. The van der Waals surface area contributed by atoms with E-state index >= 15 is 0 Å². The number of aliphatic hydroxyl groups is 1. The van der Waals surface area contributed by atoms with Gasteiger partial charge in [0.1, 0.15) is 13.2 Å². The van der Waals surface area contributed by atoms with Crippen molar-refractivity contribution in [2.45, 2.75) is 373 Å². The molecule has 8 nitrogen and oxygen atoms in total. The van der Waals surface area contributed by atoms with Crippen molar-refractivity contribution in [2.24, 2.45) is 0 Å². The van der Waals surface area contributed by atoms with Crippen LogP contribution in [0.3, 0.4) is 0 Å². The number of likely N-dealkylation sites (N-methyl/N-ethyl adjacent to an activating group) is 1. The molecule has 0 aliphatic heterocycles. The summed E-state index contributed by atoms with van der Waals surface area (Å²) in [5.74, 6) is -0.171. The molecule has 9 heteroatoms. The Morgan fingerprint density at radius 2 is 0.713 bits per heavy atom. The predicted molar refractivity (Wildman–Crippen MR) is 351 cm³/mol. The Kier molecular flexibility index (Phi) is 61.3. The van der Waals surface area contributed by atoms with Crippen molar-refractivity contribution in [3.63, 3.8) is 0 Å². The Labute approximate surface area is 499 Å². The van der Waals surface area contributed by atoms with Gasteiger partial charge in [-0.15, -0.1) is 0 Å². The van der Waals surface area contributed by atoms with E-state index in [0.717, 1.165) is 44.9 Å². The van der Waals surface area contributed by atoms with Crippen molar-refractivity contribution in [2.75, 3.05) is 40.9 Å². The number of phosphoric ester groups is 1. The average Bonchev–Trinajstić information content (AvgIpc) is 3.42. The topological polar surface area (TPSA) is 105 Å². The van der Waals surface area contributed by atoms with Crippen molar-refractivity contribution in [1.82, 2.24) is 5.32 Å². The van der Waals surface area contributed by atoms with Crippen molar-refractivity contribution < 1.29 is 32.9 Å². The van der Waals surface area contributed by atoms with Crippen molar-refractivity contribution in [3.8, 4) is 0 Å². The van der Waals surface area contributed by atoms with Gasteiger partial charge in [0.25, 0.3) is 0 Å². The molecular weight excluding hydrogens is 1010 g/mol. The summed E-state index contributed by atoms with van der Waals surface area (Å²) in [6.45, 7) is 4.87. The number of aliphatic hydroxyl groups excluding tert-OH is 1. The maximum Gasteiger partial charge on any atom is 0.472 e. The number of hydrogen-bond donors (Lipinski definition) is 3. The molecule has 0 aromatic rings. The van der Waals surface area contributed by atoms with E-state index in [2.05, 4.69) is 43.5 Å². The summed E-state index contributed by atoms with van der Waals surface area (Å²) in [5.41, 5.74) is 0. The third-order valence-corrected chi connectivity index (χ3v) is 17.3. The quantitative estimate of drug-likeness (QED) is 0.0243. The third-order valence-electron chi connectivity index (χ3n) is 16.4. The highest BCUT2D eigenvalue weighted by molar-refractivity contribution is 7.47. The molecule has 3 N–H and O–H groups in total. The third kappa shape index (κ3) is 64.3. The van der Waals surface area contributed by atoms with Crippen LogP contribution in [0.25, 0.3) is 0 Å². The first-order chi connectivity index (χ1) is 39.0. The summed E-state index contributed by atoms with van der Waals surface area (Å²) in [7, 11) is 1.59. The van der Waals surface area contributed by atoms with Crippen LogP contribution in [-0.4, -0.2) is 73.4 Å². The molecular formula is C71H140N2O6P+. The second kappa shape index (κ2) is 62.3. The summed E-state index contributed by atoms with van der Waals surface area (Å²) in [6, 6.07) is -0.847. The summed E-state index contributed by atoms with van der Waals surface area (Å²) < 4.78 is 23.8. The van der Waals surface area contributed by atoms with E-state index in [1.165, 1.54) is 295 Å². The van der Waals surface area contributed by atoms with Gasteiger partial charge in [-0.3, -0.25) is 13.8 Å². The number of allylic oxidation sites excluding steroid dienone is 5. The summed E-state index contributed by atoms with van der Waals surface area (Å²) in [4.78, 5) is 23.4. The van der Waals surface area contributed by atoms with Crippen molar-refractivity contribution >= 4 is 13.7 Å². The number of nitrogens with zero attached hydrogens (tertiary/aromatic N) is 1. The highest BCUT2D eigenvalue weighted by Gasteiger charge is 2.28. The van der Waals surface area contributed by atoms with Gasteiger partial charge in [-0.2, -0.15) is 0 Å². The van der Waals surface area contributed by atoms with Crippen LogP contribution < -0.4 is 5.32 Å². The summed E-state index contributed by atoms with van der Waals surface area (Å²) >= 11 is 0. The Balaban J connectivity index is 3.98. The Bertz CT molecular complexity index is 1400. The van der Waals surface area contributed by atoms with E-state index in [4.69, 9.17) is 9.05 Å². The lowest BCUT2D eigenvalue weighted by Gasteiger charge is -2.25. The SMILES string of the molecule is CCCCCCCCCCCCCCC/C=C\C/C=C\CCCCCCCCCCCCCCCCCCCC(=O)NC(COP(=O)(O)OCC[N+](C)(C)C)C(O)/C=C/CCCCCCCCCCCCCCCCCCCCC. The van der Waals surface area contributed by atoms with Gasteiger partial charge in [-0.1, -0.05) is 339 Å². The van der Waals surface area contributed by atoms with Gasteiger partial charge in [-0.05, 0) is 51.4 Å². The van der Waals surface area contributed by atoms with E-state index in [1.807, 2.05) is 27.2 Å². The van der Waals surface area contributed by atoms with E-state index in [9.17, 15) is 19.4 Å². The van der Waals surface area contributed by atoms with E-state index in [1.54, 1.807) is 6.08 Å². The summed E-state index contributed by atoms with van der Waals surface area (Å²) in [5, 5.41) is 14.0. The average molecular weight is 1150 g/mol. The number of carbonyl (C=O) groups excluding carboxylic acids is 1. The zero-order valence-electron chi connectivity index (χ0n) is 54.3. The minimum absolute atomic E-state index is 0.0632. The number of quaternary nitrogens is 1. The second-order valence-electron chi connectivity index (χ2n) is 25.6. The number of phosphoric acid groups is 1.